The number of halogens is 1. The van der Waals surface area contributed by atoms with Crippen LogP contribution in [-0.2, 0) is 6.42 Å². The summed E-state index contributed by atoms with van der Waals surface area (Å²) in [5.74, 6) is 8.45. The number of hydrazine groups is 1. The quantitative estimate of drug-likeness (QED) is 0.635. The van der Waals surface area contributed by atoms with Gasteiger partial charge in [0.05, 0.1) is 17.6 Å². The van der Waals surface area contributed by atoms with Gasteiger partial charge in [-0.3, -0.25) is 11.3 Å². The van der Waals surface area contributed by atoms with Crippen molar-refractivity contribution in [2.24, 2.45) is 5.84 Å². The zero-order valence-electron chi connectivity index (χ0n) is 12.8. The molecule has 2 rings (SSSR count). The Morgan fingerprint density at radius 3 is 2.48 bits per heavy atom. The van der Waals surface area contributed by atoms with E-state index in [1.165, 1.54) is 5.56 Å². The van der Waals surface area contributed by atoms with Crippen molar-refractivity contribution in [1.29, 1.82) is 0 Å². The third-order valence-electron chi connectivity index (χ3n) is 3.82. The molecule has 1 atom stereocenters. The third kappa shape index (κ3) is 3.31. The second-order valence-corrected chi connectivity index (χ2v) is 6.00. The Balaban J connectivity index is 2.29. The van der Waals surface area contributed by atoms with E-state index in [9.17, 15) is 0 Å². The second-order valence-electron chi connectivity index (χ2n) is 5.15. The molecule has 0 saturated heterocycles. The Morgan fingerprint density at radius 2 is 2.00 bits per heavy atom. The summed E-state index contributed by atoms with van der Waals surface area (Å²) < 4.78 is 11.9. The molecule has 3 N–H and O–H groups in total. The molecule has 2 aromatic rings. The van der Waals surface area contributed by atoms with Crippen LogP contribution in [0, 0.1) is 20.8 Å². The van der Waals surface area contributed by atoms with Crippen LogP contribution in [-0.4, -0.2) is 7.11 Å². The van der Waals surface area contributed by atoms with Crippen molar-refractivity contribution in [1.82, 2.24) is 5.43 Å². The van der Waals surface area contributed by atoms with Crippen molar-refractivity contribution in [2.45, 2.75) is 33.2 Å². The van der Waals surface area contributed by atoms with Crippen LogP contribution in [0.3, 0.4) is 0 Å². The molecular weight excluding hydrogens is 332 g/mol. The zero-order valence-corrected chi connectivity index (χ0v) is 14.4. The highest BCUT2D eigenvalue weighted by atomic mass is 79.9. The second kappa shape index (κ2) is 6.64. The fourth-order valence-electron chi connectivity index (χ4n) is 2.64. The Hall–Kier alpha value is -1.30. The number of hydrogen-bond donors (Lipinski definition) is 2. The van der Waals surface area contributed by atoms with Crippen LogP contribution in [0.1, 0.15) is 34.3 Å². The highest BCUT2D eigenvalue weighted by molar-refractivity contribution is 9.10. The van der Waals surface area contributed by atoms with E-state index in [1.807, 2.05) is 26.0 Å². The first kappa shape index (κ1) is 16.1. The van der Waals surface area contributed by atoms with E-state index in [2.05, 4.69) is 34.3 Å². The fourth-order valence-corrected chi connectivity index (χ4v) is 3.23. The van der Waals surface area contributed by atoms with Crippen molar-refractivity contribution in [3.8, 4) is 5.75 Å². The SMILES string of the molecule is COc1ccc(CC(NN)c2c(C)oc(C)c2C)cc1Br. The van der Waals surface area contributed by atoms with E-state index >= 15 is 0 Å². The molecule has 0 spiro atoms. The van der Waals surface area contributed by atoms with Crippen LogP contribution in [0.25, 0.3) is 0 Å². The molecule has 0 aliphatic rings. The lowest BCUT2D eigenvalue weighted by atomic mass is 9.96. The predicted octanol–water partition coefficient (Wildman–Crippen LogP) is 3.72. The molecule has 5 heteroatoms. The van der Waals surface area contributed by atoms with Gasteiger partial charge in [0.1, 0.15) is 17.3 Å². The van der Waals surface area contributed by atoms with Crippen LogP contribution in [0.15, 0.2) is 27.1 Å². The lowest BCUT2D eigenvalue weighted by Crippen LogP contribution is -2.30. The lowest BCUT2D eigenvalue weighted by molar-refractivity contribution is 0.412. The number of furan rings is 1. The van der Waals surface area contributed by atoms with Gasteiger partial charge in [-0.05, 0) is 66.4 Å². The minimum absolute atomic E-state index is 0.0164. The van der Waals surface area contributed by atoms with Gasteiger partial charge in [-0.1, -0.05) is 6.07 Å². The first-order valence-corrected chi connectivity index (χ1v) is 7.62. The molecular formula is C16H21BrN2O2. The maximum Gasteiger partial charge on any atom is 0.133 e. The van der Waals surface area contributed by atoms with Crippen molar-refractivity contribution in [2.75, 3.05) is 7.11 Å². The Morgan fingerprint density at radius 1 is 1.29 bits per heavy atom. The van der Waals surface area contributed by atoms with Gasteiger partial charge in [0, 0.05) is 5.56 Å². The van der Waals surface area contributed by atoms with Crippen LogP contribution >= 0.6 is 15.9 Å². The predicted molar refractivity (Wildman–Crippen MR) is 87.4 cm³/mol. The minimum Gasteiger partial charge on any atom is -0.496 e. The van der Waals surface area contributed by atoms with E-state index in [4.69, 9.17) is 15.0 Å². The number of nitrogens with one attached hydrogen (secondary N) is 1. The maximum absolute atomic E-state index is 5.77. The Labute approximate surface area is 133 Å². The van der Waals surface area contributed by atoms with Gasteiger partial charge in [0.15, 0.2) is 0 Å². The van der Waals surface area contributed by atoms with Gasteiger partial charge >= 0.3 is 0 Å². The molecule has 0 aliphatic carbocycles. The standard InChI is InChI=1S/C16H21BrN2O2/c1-9-10(2)21-11(3)16(9)14(19-18)8-12-5-6-15(20-4)13(17)7-12/h5-7,14,19H,8,18H2,1-4H3. The van der Waals surface area contributed by atoms with E-state index in [0.717, 1.165) is 39.3 Å². The number of benzene rings is 1. The molecule has 21 heavy (non-hydrogen) atoms. The van der Waals surface area contributed by atoms with E-state index in [0.29, 0.717) is 0 Å². The van der Waals surface area contributed by atoms with E-state index in [-0.39, 0.29) is 6.04 Å². The van der Waals surface area contributed by atoms with Crippen molar-refractivity contribution in [3.05, 3.63) is 50.9 Å². The van der Waals surface area contributed by atoms with Gasteiger partial charge in [-0.15, -0.1) is 0 Å². The maximum atomic E-state index is 5.77. The number of ether oxygens (including phenoxy) is 1. The molecule has 0 saturated carbocycles. The first-order chi connectivity index (χ1) is 9.97. The summed E-state index contributed by atoms with van der Waals surface area (Å²) >= 11 is 3.51. The van der Waals surface area contributed by atoms with Gasteiger partial charge < -0.3 is 9.15 Å². The van der Waals surface area contributed by atoms with Gasteiger partial charge in [0.25, 0.3) is 0 Å². The Bertz CT molecular complexity index is 637. The summed E-state index contributed by atoms with van der Waals surface area (Å²) in [5, 5.41) is 0. The van der Waals surface area contributed by atoms with E-state index in [1.54, 1.807) is 7.11 Å². The molecule has 114 valence electrons. The molecule has 1 aromatic heterocycles. The summed E-state index contributed by atoms with van der Waals surface area (Å²) in [6.45, 7) is 6.02. The van der Waals surface area contributed by atoms with Crippen molar-refractivity contribution in [3.63, 3.8) is 0 Å². The number of nitrogens with two attached hydrogens (primary N) is 1. The highest BCUT2D eigenvalue weighted by Gasteiger charge is 2.20. The molecule has 1 unspecified atom stereocenters. The van der Waals surface area contributed by atoms with Crippen molar-refractivity contribution >= 4 is 15.9 Å². The monoisotopic (exact) mass is 352 g/mol. The summed E-state index contributed by atoms with van der Waals surface area (Å²) in [6, 6.07) is 6.07. The fraction of sp³-hybridized carbons (Fsp3) is 0.375. The zero-order chi connectivity index (χ0) is 15.6. The molecule has 0 aliphatic heterocycles. The molecule has 0 fully saturated rings. The van der Waals surface area contributed by atoms with Gasteiger partial charge in [0.2, 0.25) is 0 Å². The molecule has 4 nitrogen and oxygen atoms in total. The van der Waals surface area contributed by atoms with Crippen molar-refractivity contribution < 1.29 is 9.15 Å². The van der Waals surface area contributed by atoms with E-state index < -0.39 is 0 Å². The highest BCUT2D eigenvalue weighted by Crippen LogP contribution is 2.31. The summed E-state index contributed by atoms with van der Waals surface area (Å²) in [5.41, 5.74) is 6.37. The number of rotatable bonds is 5. The molecule has 1 aromatic carbocycles. The number of hydrogen-bond acceptors (Lipinski definition) is 4. The normalized spacial score (nSPS) is 12.5. The van der Waals surface area contributed by atoms with Crippen LogP contribution in [0.2, 0.25) is 0 Å². The largest absolute Gasteiger partial charge is 0.496 e. The third-order valence-corrected chi connectivity index (χ3v) is 4.44. The molecule has 0 amide bonds. The van der Waals surface area contributed by atoms with Crippen LogP contribution in [0.5, 0.6) is 5.75 Å². The summed E-state index contributed by atoms with van der Waals surface area (Å²) in [6.07, 6.45) is 0.778. The van der Waals surface area contributed by atoms with Gasteiger partial charge in [-0.2, -0.15) is 0 Å². The Kier molecular flexibility index (Phi) is 5.08. The minimum atomic E-state index is 0.0164. The molecule has 1 heterocycles. The lowest BCUT2D eigenvalue weighted by Gasteiger charge is -2.17. The summed E-state index contributed by atoms with van der Waals surface area (Å²) in [7, 11) is 1.66. The van der Waals surface area contributed by atoms with Gasteiger partial charge in [-0.25, -0.2) is 0 Å². The topological polar surface area (TPSA) is 60.4 Å². The summed E-state index contributed by atoms with van der Waals surface area (Å²) in [4.78, 5) is 0. The number of aryl methyl sites for hydroxylation is 2. The van der Waals surface area contributed by atoms with Crippen LogP contribution in [0.4, 0.5) is 0 Å². The molecule has 0 bridgehead atoms. The van der Waals surface area contributed by atoms with Crippen LogP contribution < -0.4 is 16.0 Å². The smallest absolute Gasteiger partial charge is 0.133 e. The average molecular weight is 353 g/mol. The average Bonchev–Trinajstić information content (AvgIpc) is 2.70. The molecule has 0 radical (unpaired) electrons. The first-order valence-electron chi connectivity index (χ1n) is 6.83. The number of methoxy groups -OCH3 is 1.